The van der Waals surface area contributed by atoms with E-state index in [1.165, 1.54) is 0 Å². The van der Waals surface area contributed by atoms with Crippen molar-refractivity contribution < 1.29 is 9.59 Å². The minimum atomic E-state index is -0.160. The molecule has 0 bridgehead atoms. The molecular formula is C16H26ClN3O2. The van der Waals surface area contributed by atoms with Gasteiger partial charge >= 0.3 is 0 Å². The maximum Gasteiger partial charge on any atom is 0.251 e. The highest BCUT2D eigenvalue weighted by Crippen LogP contribution is 2.17. The number of aryl methyl sites for hydroxylation is 1. The number of carbonyl (C=O) groups excluding carboxylic acids is 2. The van der Waals surface area contributed by atoms with Gasteiger partial charge in [0, 0.05) is 24.7 Å². The summed E-state index contributed by atoms with van der Waals surface area (Å²) in [7, 11) is 1.59. The quantitative estimate of drug-likeness (QED) is 0.642. The molecule has 0 saturated carbocycles. The topological polar surface area (TPSA) is 84.2 Å². The van der Waals surface area contributed by atoms with Crippen molar-refractivity contribution in [2.75, 3.05) is 18.9 Å². The highest BCUT2D eigenvalue weighted by molar-refractivity contribution is 5.97. The van der Waals surface area contributed by atoms with Gasteiger partial charge in [-0.05, 0) is 44.0 Å². The number of hydrogen-bond acceptors (Lipinski definition) is 3. The monoisotopic (exact) mass is 327 g/mol. The molecule has 0 saturated heterocycles. The van der Waals surface area contributed by atoms with Crippen LogP contribution in [0.15, 0.2) is 18.2 Å². The van der Waals surface area contributed by atoms with Crippen molar-refractivity contribution in [3.05, 3.63) is 29.3 Å². The Morgan fingerprint density at radius 3 is 2.45 bits per heavy atom. The summed E-state index contributed by atoms with van der Waals surface area (Å²) in [6.45, 7) is 2.61. The number of halogens is 1. The van der Waals surface area contributed by atoms with E-state index in [1.54, 1.807) is 19.2 Å². The smallest absolute Gasteiger partial charge is 0.251 e. The molecule has 0 aliphatic rings. The molecular weight excluding hydrogens is 302 g/mol. The Morgan fingerprint density at radius 2 is 1.82 bits per heavy atom. The summed E-state index contributed by atoms with van der Waals surface area (Å²) in [5, 5.41) is 5.45. The number of unbranched alkanes of at least 4 members (excludes halogenated alkanes) is 3. The van der Waals surface area contributed by atoms with Crippen LogP contribution in [0.2, 0.25) is 0 Å². The van der Waals surface area contributed by atoms with Crippen LogP contribution in [0.1, 0.15) is 48.0 Å². The fourth-order valence-corrected chi connectivity index (χ4v) is 2.04. The molecule has 4 N–H and O–H groups in total. The normalized spacial score (nSPS) is 9.77. The molecule has 0 unspecified atom stereocenters. The maximum absolute atomic E-state index is 11.9. The summed E-state index contributed by atoms with van der Waals surface area (Å²) in [6.07, 6.45) is 4.44. The average Bonchev–Trinajstić information content (AvgIpc) is 2.48. The molecule has 0 aliphatic heterocycles. The molecule has 124 valence electrons. The van der Waals surface area contributed by atoms with E-state index in [2.05, 4.69) is 10.6 Å². The number of carbonyl (C=O) groups is 2. The largest absolute Gasteiger partial charge is 0.355 e. The second kappa shape index (κ2) is 11.0. The minimum absolute atomic E-state index is 0. The molecule has 6 heteroatoms. The lowest BCUT2D eigenvalue weighted by Gasteiger charge is -2.10. The lowest BCUT2D eigenvalue weighted by molar-refractivity contribution is -0.116. The molecule has 0 spiro atoms. The molecule has 0 heterocycles. The van der Waals surface area contributed by atoms with Crippen molar-refractivity contribution in [3.63, 3.8) is 0 Å². The standard InChI is InChI=1S/C16H25N3O2.ClH/c1-12-8-9-13(16(21)18-2)11-14(12)19-15(20)7-5-3-4-6-10-17;/h8-9,11H,3-7,10,17H2,1-2H3,(H,18,21)(H,19,20);1H. The fraction of sp³-hybridized carbons (Fsp3) is 0.500. The van der Waals surface area contributed by atoms with Gasteiger partial charge < -0.3 is 16.4 Å². The van der Waals surface area contributed by atoms with Gasteiger partial charge in [0.05, 0.1) is 0 Å². The molecule has 0 aromatic heterocycles. The van der Waals surface area contributed by atoms with Crippen molar-refractivity contribution >= 4 is 29.9 Å². The third kappa shape index (κ3) is 6.91. The van der Waals surface area contributed by atoms with Gasteiger partial charge in [0.2, 0.25) is 5.91 Å². The van der Waals surface area contributed by atoms with E-state index in [4.69, 9.17) is 5.73 Å². The third-order valence-corrected chi connectivity index (χ3v) is 3.36. The van der Waals surface area contributed by atoms with Crippen LogP contribution in [0, 0.1) is 6.92 Å². The van der Waals surface area contributed by atoms with Gasteiger partial charge in [0.25, 0.3) is 5.91 Å². The van der Waals surface area contributed by atoms with E-state index in [9.17, 15) is 9.59 Å². The number of benzene rings is 1. The zero-order chi connectivity index (χ0) is 15.7. The Bertz CT molecular complexity index is 492. The van der Waals surface area contributed by atoms with Crippen LogP contribution in [-0.4, -0.2) is 25.4 Å². The van der Waals surface area contributed by atoms with Gasteiger partial charge in [-0.15, -0.1) is 12.4 Å². The second-order valence-corrected chi connectivity index (χ2v) is 5.11. The van der Waals surface area contributed by atoms with Crippen molar-refractivity contribution in [1.29, 1.82) is 0 Å². The van der Waals surface area contributed by atoms with Crippen LogP contribution in [-0.2, 0) is 4.79 Å². The van der Waals surface area contributed by atoms with E-state index in [-0.39, 0.29) is 24.2 Å². The number of nitrogens with two attached hydrogens (primary N) is 1. The lowest BCUT2D eigenvalue weighted by atomic mass is 10.1. The van der Waals surface area contributed by atoms with E-state index < -0.39 is 0 Å². The first-order chi connectivity index (χ1) is 10.1. The Hall–Kier alpha value is -1.59. The first-order valence-corrected chi connectivity index (χ1v) is 7.41. The number of amides is 2. The Kier molecular flexibility index (Phi) is 10.2. The minimum Gasteiger partial charge on any atom is -0.355 e. The Labute approximate surface area is 138 Å². The number of rotatable bonds is 8. The van der Waals surface area contributed by atoms with Gasteiger partial charge in [-0.1, -0.05) is 18.9 Å². The van der Waals surface area contributed by atoms with E-state index in [0.29, 0.717) is 24.2 Å². The summed E-state index contributed by atoms with van der Waals surface area (Å²) in [6, 6.07) is 5.29. The lowest BCUT2D eigenvalue weighted by Crippen LogP contribution is -2.19. The summed E-state index contributed by atoms with van der Waals surface area (Å²) in [4.78, 5) is 23.5. The van der Waals surface area contributed by atoms with Gasteiger partial charge in [0.1, 0.15) is 0 Å². The third-order valence-electron chi connectivity index (χ3n) is 3.36. The number of hydrogen-bond donors (Lipinski definition) is 3. The van der Waals surface area contributed by atoms with Crippen molar-refractivity contribution in [3.8, 4) is 0 Å². The van der Waals surface area contributed by atoms with E-state index in [1.807, 2.05) is 13.0 Å². The van der Waals surface area contributed by atoms with E-state index >= 15 is 0 Å². The molecule has 22 heavy (non-hydrogen) atoms. The van der Waals surface area contributed by atoms with E-state index in [0.717, 1.165) is 31.2 Å². The molecule has 0 aliphatic carbocycles. The molecule has 2 amide bonds. The molecule has 5 nitrogen and oxygen atoms in total. The predicted octanol–water partition coefficient (Wildman–Crippen LogP) is 2.62. The zero-order valence-corrected chi connectivity index (χ0v) is 14.1. The van der Waals surface area contributed by atoms with Gasteiger partial charge in [0.15, 0.2) is 0 Å². The SMILES string of the molecule is CNC(=O)c1ccc(C)c(NC(=O)CCCCCCN)c1.Cl. The van der Waals surface area contributed by atoms with Crippen LogP contribution in [0.3, 0.4) is 0 Å². The summed E-state index contributed by atoms with van der Waals surface area (Å²) < 4.78 is 0. The Morgan fingerprint density at radius 1 is 1.14 bits per heavy atom. The summed E-state index contributed by atoms with van der Waals surface area (Å²) in [5.41, 5.74) is 7.61. The van der Waals surface area contributed by atoms with Gasteiger partial charge in [-0.25, -0.2) is 0 Å². The summed E-state index contributed by atoms with van der Waals surface area (Å²) in [5.74, 6) is -0.174. The number of anilines is 1. The first-order valence-electron chi connectivity index (χ1n) is 7.41. The molecule has 0 radical (unpaired) electrons. The van der Waals surface area contributed by atoms with Crippen LogP contribution in [0.5, 0.6) is 0 Å². The molecule has 0 atom stereocenters. The fourth-order valence-electron chi connectivity index (χ4n) is 2.04. The van der Waals surface area contributed by atoms with Crippen LogP contribution in [0.4, 0.5) is 5.69 Å². The molecule has 1 aromatic carbocycles. The van der Waals surface area contributed by atoms with Crippen molar-refractivity contribution in [2.45, 2.75) is 39.0 Å². The molecule has 1 rings (SSSR count). The van der Waals surface area contributed by atoms with Crippen LogP contribution < -0.4 is 16.4 Å². The second-order valence-electron chi connectivity index (χ2n) is 5.11. The van der Waals surface area contributed by atoms with Gasteiger partial charge in [-0.2, -0.15) is 0 Å². The zero-order valence-electron chi connectivity index (χ0n) is 13.3. The van der Waals surface area contributed by atoms with Gasteiger partial charge in [-0.3, -0.25) is 9.59 Å². The molecule has 1 aromatic rings. The van der Waals surface area contributed by atoms with Crippen LogP contribution >= 0.6 is 12.4 Å². The van der Waals surface area contributed by atoms with Crippen molar-refractivity contribution in [1.82, 2.24) is 5.32 Å². The maximum atomic E-state index is 11.9. The highest BCUT2D eigenvalue weighted by atomic mass is 35.5. The summed E-state index contributed by atoms with van der Waals surface area (Å²) >= 11 is 0. The van der Waals surface area contributed by atoms with Crippen molar-refractivity contribution in [2.24, 2.45) is 5.73 Å². The Balaban J connectivity index is 0.00000441. The first kappa shape index (κ1) is 20.4. The molecule has 0 fully saturated rings. The predicted molar refractivity (Wildman–Crippen MR) is 92.6 cm³/mol. The van der Waals surface area contributed by atoms with Crippen LogP contribution in [0.25, 0.3) is 0 Å². The average molecular weight is 328 g/mol. The highest BCUT2D eigenvalue weighted by Gasteiger charge is 2.09. The number of nitrogens with one attached hydrogen (secondary N) is 2.